The van der Waals surface area contributed by atoms with Gasteiger partial charge in [0.15, 0.2) is 0 Å². The van der Waals surface area contributed by atoms with Crippen LogP contribution in [0.15, 0.2) is 29.8 Å². The maximum atomic E-state index is 6.89. The number of aliphatic imine (C=N–C) groups is 1. The number of hydrogen-bond donors (Lipinski definition) is 0. The van der Waals surface area contributed by atoms with Crippen LogP contribution in [-0.4, -0.2) is 6.21 Å². The van der Waals surface area contributed by atoms with Gasteiger partial charge in [0.25, 0.3) is 0 Å². The average Bonchev–Trinajstić information content (AvgIpc) is 1.94. The Labute approximate surface area is 43.2 Å². The van der Waals surface area contributed by atoms with Crippen LogP contribution in [0.3, 0.4) is 0 Å². The maximum Gasteiger partial charge on any atom is 0.108 e. The number of rotatable bonds is 0. The molecule has 0 aromatic heterocycles. The van der Waals surface area contributed by atoms with Crippen LogP contribution in [0.25, 0.3) is 0 Å². The van der Waals surface area contributed by atoms with E-state index in [2.05, 4.69) is 9.73 Å². The van der Waals surface area contributed by atoms with Crippen molar-refractivity contribution >= 4 is 6.21 Å². The SMILES string of the molecule is [2H]C1=CN=CC=CO1. The highest BCUT2D eigenvalue weighted by Gasteiger charge is 1.70. The Morgan fingerprint density at radius 3 is 3.71 bits per heavy atom. The first-order valence-corrected chi connectivity index (χ1v) is 1.91. The summed E-state index contributed by atoms with van der Waals surface area (Å²) in [6.07, 6.45) is 5.99. The van der Waals surface area contributed by atoms with Crippen LogP contribution >= 0.6 is 0 Å². The molecule has 0 unspecified atom stereocenters. The van der Waals surface area contributed by atoms with Gasteiger partial charge in [-0.25, -0.2) is 0 Å². The zero-order valence-electron chi connectivity index (χ0n) is 4.66. The minimum absolute atomic E-state index is 0.0648. The van der Waals surface area contributed by atoms with E-state index in [0.29, 0.717) is 0 Å². The van der Waals surface area contributed by atoms with Gasteiger partial charge < -0.3 is 4.74 Å². The highest BCUT2D eigenvalue weighted by molar-refractivity contribution is 5.71. The normalized spacial score (nSPS) is 19.4. The number of hydrogen-bond acceptors (Lipinski definition) is 2. The van der Waals surface area contributed by atoms with Gasteiger partial charge in [-0.3, -0.25) is 4.99 Å². The van der Waals surface area contributed by atoms with Crippen LogP contribution < -0.4 is 0 Å². The Morgan fingerprint density at radius 2 is 2.71 bits per heavy atom. The summed E-state index contributed by atoms with van der Waals surface area (Å²) in [7, 11) is 0. The minimum Gasteiger partial charge on any atom is -0.471 e. The van der Waals surface area contributed by atoms with E-state index in [-0.39, 0.29) is 6.24 Å². The molecule has 2 heteroatoms. The van der Waals surface area contributed by atoms with Gasteiger partial charge in [-0.1, -0.05) is 0 Å². The second kappa shape index (κ2) is 2.18. The van der Waals surface area contributed by atoms with Crippen LogP contribution in [0, 0.1) is 0 Å². The standard InChI is InChI=1S/C5H5NO/c1-2-6-3-5-7-4-1/h1-5H/i5D. The van der Waals surface area contributed by atoms with Crippen molar-refractivity contribution in [2.75, 3.05) is 0 Å². The van der Waals surface area contributed by atoms with Gasteiger partial charge in [-0.15, -0.1) is 0 Å². The van der Waals surface area contributed by atoms with Crippen molar-refractivity contribution in [2.45, 2.75) is 0 Å². The zero-order chi connectivity index (χ0) is 5.82. The lowest BCUT2D eigenvalue weighted by Gasteiger charge is -1.78. The average molecular weight is 96.1 g/mol. The maximum absolute atomic E-state index is 6.89. The molecule has 0 aliphatic carbocycles. The van der Waals surface area contributed by atoms with Crippen LogP contribution in [0.2, 0.25) is 0 Å². The molecular weight excluding hydrogens is 90.1 g/mol. The van der Waals surface area contributed by atoms with Gasteiger partial charge >= 0.3 is 0 Å². The molecule has 0 saturated heterocycles. The third-order valence-corrected chi connectivity index (χ3v) is 0.514. The number of allylic oxidation sites excluding steroid dienone is 1. The molecule has 0 atom stereocenters. The molecule has 0 N–H and O–H groups in total. The van der Waals surface area contributed by atoms with Gasteiger partial charge in [-0.05, 0) is 6.08 Å². The number of ether oxygens (including phenoxy) is 1. The smallest absolute Gasteiger partial charge is 0.108 e. The Balaban J connectivity index is 2.69. The Morgan fingerprint density at radius 1 is 1.71 bits per heavy atom. The summed E-state index contributed by atoms with van der Waals surface area (Å²) < 4.78 is 11.5. The van der Waals surface area contributed by atoms with Crippen molar-refractivity contribution in [3.05, 3.63) is 24.8 Å². The van der Waals surface area contributed by atoms with Gasteiger partial charge in [0.05, 0.1) is 12.5 Å². The van der Waals surface area contributed by atoms with Crippen molar-refractivity contribution in [3.8, 4) is 0 Å². The second-order valence-corrected chi connectivity index (χ2v) is 0.991. The summed E-state index contributed by atoms with van der Waals surface area (Å²) >= 11 is 0. The molecule has 0 amide bonds. The molecule has 1 aliphatic heterocycles. The summed E-state index contributed by atoms with van der Waals surface area (Å²) in [6.45, 7) is 0. The molecular formula is C5H5NO. The molecule has 0 fully saturated rings. The molecule has 2 nitrogen and oxygen atoms in total. The van der Waals surface area contributed by atoms with E-state index in [1.54, 1.807) is 12.3 Å². The summed E-state index contributed by atoms with van der Waals surface area (Å²) in [4.78, 5) is 3.67. The van der Waals surface area contributed by atoms with Crippen LogP contribution in [0.4, 0.5) is 0 Å². The monoisotopic (exact) mass is 96.0 g/mol. The first-order chi connectivity index (χ1) is 3.89. The number of nitrogens with zero attached hydrogens (tertiary/aromatic N) is 1. The van der Waals surface area contributed by atoms with E-state index < -0.39 is 0 Å². The lowest BCUT2D eigenvalue weighted by molar-refractivity contribution is 0.403. The van der Waals surface area contributed by atoms with Gasteiger partial charge in [0.1, 0.15) is 7.61 Å². The summed E-state index contributed by atoms with van der Waals surface area (Å²) in [6, 6.07) is 0. The summed E-state index contributed by atoms with van der Waals surface area (Å²) in [5.74, 6) is 0. The Kier molecular flexibility index (Phi) is 0.941. The van der Waals surface area contributed by atoms with Crippen molar-refractivity contribution in [2.24, 2.45) is 4.99 Å². The molecule has 7 heavy (non-hydrogen) atoms. The molecule has 36 valence electrons. The second-order valence-electron chi connectivity index (χ2n) is 0.991. The van der Waals surface area contributed by atoms with E-state index in [0.717, 1.165) is 0 Å². The molecule has 0 bridgehead atoms. The summed E-state index contributed by atoms with van der Waals surface area (Å²) in [5.41, 5.74) is 0. The molecule has 0 aromatic carbocycles. The van der Waals surface area contributed by atoms with Crippen molar-refractivity contribution < 1.29 is 6.11 Å². The lowest BCUT2D eigenvalue weighted by atomic mass is 10.7. The first kappa shape index (κ1) is 3.02. The quantitative estimate of drug-likeness (QED) is 0.442. The molecule has 1 heterocycles. The van der Waals surface area contributed by atoms with E-state index in [1.807, 2.05) is 0 Å². The van der Waals surface area contributed by atoms with Crippen LogP contribution in [0.1, 0.15) is 1.37 Å². The van der Waals surface area contributed by atoms with Gasteiger partial charge in [0, 0.05) is 6.21 Å². The van der Waals surface area contributed by atoms with Crippen LogP contribution in [0.5, 0.6) is 0 Å². The van der Waals surface area contributed by atoms with E-state index >= 15 is 0 Å². The van der Waals surface area contributed by atoms with Gasteiger partial charge in [0.2, 0.25) is 0 Å². The third-order valence-electron chi connectivity index (χ3n) is 0.514. The van der Waals surface area contributed by atoms with Gasteiger partial charge in [-0.2, -0.15) is 0 Å². The molecule has 1 rings (SSSR count). The van der Waals surface area contributed by atoms with Crippen molar-refractivity contribution in [3.63, 3.8) is 0 Å². The minimum atomic E-state index is 0.0648. The molecule has 0 radical (unpaired) electrons. The Bertz CT molecular complexity index is 160. The molecule has 0 saturated carbocycles. The largest absolute Gasteiger partial charge is 0.471 e. The molecule has 0 aromatic rings. The first-order valence-electron chi connectivity index (χ1n) is 2.41. The van der Waals surface area contributed by atoms with E-state index in [1.165, 1.54) is 12.5 Å². The van der Waals surface area contributed by atoms with E-state index in [4.69, 9.17) is 1.37 Å². The fourth-order valence-corrected chi connectivity index (χ4v) is 0.267. The fraction of sp³-hybridized carbons (Fsp3) is 0. The van der Waals surface area contributed by atoms with Crippen LogP contribution in [-0.2, 0) is 4.74 Å². The third kappa shape index (κ3) is 1.22. The Hall–Kier alpha value is -1.05. The fourth-order valence-electron chi connectivity index (χ4n) is 0.267. The molecule has 1 aliphatic rings. The highest BCUT2D eigenvalue weighted by Crippen LogP contribution is 1.84. The van der Waals surface area contributed by atoms with Crippen molar-refractivity contribution in [1.29, 1.82) is 0 Å². The predicted molar refractivity (Wildman–Crippen MR) is 27.9 cm³/mol. The predicted octanol–water partition coefficient (Wildman–Crippen LogP) is 1.07. The van der Waals surface area contributed by atoms with E-state index in [9.17, 15) is 0 Å². The summed E-state index contributed by atoms with van der Waals surface area (Å²) in [5, 5.41) is 0. The zero-order valence-corrected chi connectivity index (χ0v) is 3.66. The molecule has 0 spiro atoms. The topological polar surface area (TPSA) is 21.6 Å². The lowest BCUT2D eigenvalue weighted by Crippen LogP contribution is -1.58. The highest BCUT2D eigenvalue weighted by atomic mass is 16.5. The van der Waals surface area contributed by atoms with Crippen molar-refractivity contribution in [1.82, 2.24) is 0 Å².